The van der Waals surface area contributed by atoms with Crippen molar-refractivity contribution in [2.75, 3.05) is 39.3 Å². The van der Waals surface area contributed by atoms with E-state index in [0.29, 0.717) is 23.7 Å². The summed E-state index contributed by atoms with van der Waals surface area (Å²) in [5.74, 6) is 0.470. The smallest absolute Gasteiger partial charge is 0.549 e. The summed E-state index contributed by atoms with van der Waals surface area (Å²) < 4.78 is 0. The SMILES string of the molecule is C=CCCCCCCC(CC)CN(CC(=O)[O-])CC(CC)CCCCCCC=C.C=CCCCCCCC(CC)CN(CC(=O)[O-])CC(CC)CCCCCCC=C.[Ca+2]. The summed E-state index contributed by atoms with van der Waals surface area (Å²) in [5, 5.41) is 22.6. The molecule has 59 heavy (non-hydrogen) atoms. The van der Waals surface area contributed by atoms with E-state index in [1.54, 1.807) is 0 Å². The number of aliphatic carboxylic acids is 2. The molecule has 7 heteroatoms. The van der Waals surface area contributed by atoms with E-state index >= 15 is 0 Å². The molecule has 0 fully saturated rings. The fourth-order valence-electron chi connectivity index (χ4n) is 8.23. The van der Waals surface area contributed by atoms with Gasteiger partial charge in [0.2, 0.25) is 0 Å². The van der Waals surface area contributed by atoms with Crippen LogP contribution in [0, 0.1) is 23.7 Å². The minimum atomic E-state index is -0.941. The van der Waals surface area contributed by atoms with Crippen molar-refractivity contribution in [3.63, 3.8) is 0 Å². The van der Waals surface area contributed by atoms with E-state index < -0.39 is 11.9 Å². The molecule has 4 unspecified atom stereocenters. The third-order valence-corrected chi connectivity index (χ3v) is 12.2. The van der Waals surface area contributed by atoms with Crippen LogP contribution in [0.3, 0.4) is 0 Å². The molecular formula is C52H96CaN2O4. The number of hydrogen-bond acceptors (Lipinski definition) is 6. The Hall–Kier alpha value is -0.920. The van der Waals surface area contributed by atoms with Gasteiger partial charge in [0.25, 0.3) is 0 Å². The van der Waals surface area contributed by atoms with Crippen molar-refractivity contribution in [3.8, 4) is 0 Å². The van der Waals surface area contributed by atoms with Gasteiger partial charge in [-0.05, 0) is 101 Å². The summed E-state index contributed by atoms with van der Waals surface area (Å²) in [6.45, 7) is 27.8. The van der Waals surface area contributed by atoms with Crippen LogP contribution in [0.2, 0.25) is 0 Å². The summed E-state index contributed by atoms with van der Waals surface area (Å²) >= 11 is 0. The second-order valence-electron chi connectivity index (χ2n) is 17.4. The second-order valence-corrected chi connectivity index (χ2v) is 17.4. The summed E-state index contributed by atoms with van der Waals surface area (Å²) in [5.41, 5.74) is 0. The Balaban J connectivity index is -0.00000105. The minimum absolute atomic E-state index is 0. The third kappa shape index (κ3) is 43.5. The Morgan fingerprint density at radius 2 is 0.610 bits per heavy atom. The summed E-state index contributed by atoms with van der Waals surface area (Å²) in [6, 6.07) is 0. The fourth-order valence-corrected chi connectivity index (χ4v) is 8.23. The molecule has 0 saturated heterocycles. The first-order valence-corrected chi connectivity index (χ1v) is 24.4. The molecule has 0 N–H and O–H groups in total. The summed E-state index contributed by atoms with van der Waals surface area (Å²) in [4.78, 5) is 26.9. The van der Waals surface area contributed by atoms with Gasteiger partial charge in [-0.15, -0.1) is 26.3 Å². The monoisotopic (exact) mass is 853 g/mol. The average Bonchev–Trinajstić information content (AvgIpc) is 3.20. The molecular weight excluding hydrogens is 757 g/mol. The number of allylic oxidation sites excluding steroid dienone is 4. The topological polar surface area (TPSA) is 86.7 Å². The van der Waals surface area contributed by atoms with E-state index in [1.165, 1.54) is 128 Å². The molecule has 0 heterocycles. The molecule has 0 aliphatic rings. The van der Waals surface area contributed by atoms with E-state index in [4.69, 9.17) is 0 Å². The number of carbonyl (C=O) groups excluding carboxylic acids is 2. The summed E-state index contributed by atoms with van der Waals surface area (Å²) in [7, 11) is 0. The average molecular weight is 853 g/mol. The van der Waals surface area contributed by atoms with Crippen LogP contribution in [-0.4, -0.2) is 98.7 Å². The molecule has 6 nitrogen and oxygen atoms in total. The van der Waals surface area contributed by atoms with Crippen LogP contribution >= 0.6 is 0 Å². The van der Waals surface area contributed by atoms with E-state index in [9.17, 15) is 19.8 Å². The van der Waals surface area contributed by atoms with E-state index in [1.807, 2.05) is 24.3 Å². The normalized spacial score (nSPS) is 13.1. The van der Waals surface area contributed by atoms with Gasteiger partial charge in [0, 0.05) is 39.3 Å². The standard InChI is InChI=1S/2C26H49NO2.Ca/c2*1-5-9-11-13-15-17-19-24(7-3)21-27(23-26(28)29)22-25(8-4)20-18-16-14-12-10-6-2;/h2*5-6,24-25H,1-2,7-23H2,3-4H3,(H,28,29);/q;;+2/p-2. The number of unbranched alkanes of at least 4 members (excludes halogenated alkanes) is 16. The van der Waals surface area contributed by atoms with Gasteiger partial charge in [-0.2, -0.15) is 0 Å². The molecule has 0 spiro atoms. The number of carbonyl (C=O) groups is 2. The molecule has 0 aliphatic carbocycles. The maximum atomic E-state index is 11.3. The molecule has 0 aromatic rings. The predicted molar refractivity (Wildman–Crippen MR) is 255 cm³/mol. The minimum Gasteiger partial charge on any atom is -0.549 e. The van der Waals surface area contributed by atoms with Crippen LogP contribution in [0.1, 0.15) is 207 Å². The molecule has 0 aromatic heterocycles. The number of nitrogens with zero attached hydrogens (tertiary/aromatic N) is 2. The van der Waals surface area contributed by atoms with Gasteiger partial charge < -0.3 is 19.8 Å². The molecule has 0 aliphatic heterocycles. The number of rotatable bonds is 44. The number of carboxylic acid groups (broad SMARTS) is 2. The van der Waals surface area contributed by atoms with Crippen LogP contribution in [0.25, 0.3) is 0 Å². The molecule has 0 aromatic carbocycles. The molecule has 0 radical (unpaired) electrons. The second kappa shape index (κ2) is 48.1. The van der Waals surface area contributed by atoms with Gasteiger partial charge in [-0.1, -0.05) is 155 Å². The van der Waals surface area contributed by atoms with Crippen molar-refractivity contribution in [1.29, 1.82) is 0 Å². The molecule has 0 bridgehead atoms. The van der Waals surface area contributed by atoms with Crippen LogP contribution in [0.15, 0.2) is 50.6 Å². The number of carboxylic acids is 2. The van der Waals surface area contributed by atoms with Gasteiger partial charge in [-0.3, -0.25) is 9.80 Å². The van der Waals surface area contributed by atoms with Gasteiger partial charge in [0.1, 0.15) is 0 Å². The van der Waals surface area contributed by atoms with Crippen LogP contribution in [-0.2, 0) is 9.59 Å². The van der Waals surface area contributed by atoms with E-state index in [2.05, 4.69) is 63.8 Å². The van der Waals surface area contributed by atoms with Gasteiger partial charge in [-0.25, -0.2) is 0 Å². The van der Waals surface area contributed by atoms with Crippen LogP contribution < -0.4 is 10.2 Å². The van der Waals surface area contributed by atoms with Crippen molar-refractivity contribution in [1.82, 2.24) is 9.80 Å². The van der Waals surface area contributed by atoms with Gasteiger partial charge >= 0.3 is 37.7 Å². The Morgan fingerprint density at radius 1 is 0.407 bits per heavy atom. The van der Waals surface area contributed by atoms with Crippen LogP contribution in [0.4, 0.5) is 0 Å². The maximum absolute atomic E-state index is 11.3. The number of hydrogen-bond donors (Lipinski definition) is 0. The quantitative estimate of drug-likeness (QED) is 0.0345. The molecule has 0 saturated carbocycles. The molecule has 4 atom stereocenters. The Labute approximate surface area is 397 Å². The van der Waals surface area contributed by atoms with Crippen molar-refractivity contribution >= 4 is 49.7 Å². The van der Waals surface area contributed by atoms with Crippen molar-refractivity contribution in [3.05, 3.63) is 50.6 Å². The first-order chi connectivity index (χ1) is 28.1. The Bertz CT molecular complexity index is 838. The fraction of sp³-hybridized carbons (Fsp3) is 0.808. The predicted octanol–water partition coefficient (Wildman–Crippen LogP) is 11.9. The zero-order valence-corrected chi connectivity index (χ0v) is 41.9. The summed E-state index contributed by atoms with van der Waals surface area (Å²) in [6.07, 6.45) is 41.9. The maximum Gasteiger partial charge on any atom is 2.00 e. The first-order valence-electron chi connectivity index (χ1n) is 24.4. The Morgan fingerprint density at radius 3 is 0.780 bits per heavy atom. The molecule has 0 rings (SSSR count). The zero-order chi connectivity index (χ0) is 43.5. The Kier molecular flexibility index (Phi) is 50.9. The molecule has 340 valence electrons. The van der Waals surface area contributed by atoms with Gasteiger partial charge in [0.15, 0.2) is 0 Å². The van der Waals surface area contributed by atoms with Crippen molar-refractivity contribution in [2.24, 2.45) is 23.7 Å². The third-order valence-electron chi connectivity index (χ3n) is 12.2. The van der Waals surface area contributed by atoms with Gasteiger partial charge in [0.05, 0.1) is 11.9 Å². The first kappa shape index (κ1) is 62.4. The zero-order valence-electron chi connectivity index (χ0n) is 39.7. The largest absolute Gasteiger partial charge is 2.00 e. The van der Waals surface area contributed by atoms with Crippen molar-refractivity contribution < 1.29 is 19.8 Å². The van der Waals surface area contributed by atoms with E-state index in [-0.39, 0.29) is 50.8 Å². The molecule has 0 amide bonds. The van der Waals surface area contributed by atoms with Crippen molar-refractivity contribution in [2.45, 2.75) is 207 Å². The van der Waals surface area contributed by atoms with Crippen LogP contribution in [0.5, 0.6) is 0 Å². The van der Waals surface area contributed by atoms with E-state index in [0.717, 1.165) is 77.5 Å².